The first kappa shape index (κ1) is 14.6. The molecule has 2 aromatic carbocycles. The van der Waals surface area contributed by atoms with Gasteiger partial charge in [0.05, 0.1) is 0 Å². The summed E-state index contributed by atoms with van der Waals surface area (Å²) in [5.74, 6) is 0.791. The van der Waals surface area contributed by atoms with Gasteiger partial charge in [-0.3, -0.25) is 0 Å². The van der Waals surface area contributed by atoms with Gasteiger partial charge in [0.25, 0.3) is 0 Å². The van der Waals surface area contributed by atoms with Crippen LogP contribution in [0.4, 0.5) is 0 Å². The van der Waals surface area contributed by atoms with Gasteiger partial charge in [-0.05, 0) is 59.7 Å². The maximum absolute atomic E-state index is 6.19. The number of hydrogen-bond acceptors (Lipinski definition) is 1. The predicted octanol–water partition coefficient (Wildman–Crippen LogP) is 5.38. The van der Waals surface area contributed by atoms with Crippen LogP contribution >= 0.6 is 11.6 Å². The minimum absolute atomic E-state index is 0.791. The van der Waals surface area contributed by atoms with Gasteiger partial charge < -0.3 is 5.32 Å². The molecule has 2 heteroatoms. The first-order valence-electron chi connectivity index (χ1n) is 7.87. The van der Waals surface area contributed by atoms with Gasteiger partial charge in [-0.25, -0.2) is 0 Å². The SMILES string of the molecule is CCNCc1ccc(Cl)cc1-c1ccc(C2CCC2)cc1. The van der Waals surface area contributed by atoms with Crippen molar-refractivity contribution in [2.45, 2.75) is 38.6 Å². The summed E-state index contributed by atoms with van der Waals surface area (Å²) in [4.78, 5) is 0. The van der Waals surface area contributed by atoms with E-state index in [4.69, 9.17) is 11.6 Å². The van der Waals surface area contributed by atoms with Crippen molar-refractivity contribution in [3.8, 4) is 11.1 Å². The van der Waals surface area contributed by atoms with Crippen molar-refractivity contribution in [2.75, 3.05) is 6.54 Å². The first-order chi connectivity index (χ1) is 10.3. The van der Waals surface area contributed by atoms with Crippen LogP contribution in [0.15, 0.2) is 42.5 Å². The molecule has 0 aliphatic heterocycles. The molecule has 1 fully saturated rings. The Morgan fingerprint density at radius 1 is 1.10 bits per heavy atom. The zero-order chi connectivity index (χ0) is 14.7. The molecular formula is C19H22ClN. The molecule has 0 amide bonds. The molecule has 0 bridgehead atoms. The van der Waals surface area contributed by atoms with Gasteiger partial charge in [0.2, 0.25) is 0 Å². The average Bonchev–Trinajstić information content (AvgIpc) is 2.45. The Morgan fingerprint density at radius 3 is 2.48 bits per heavy atom. The zero-order valence-electron chi connectivity index (χ0n) is 12.5. The summed E-state index contributed by atoms with van der Waals surface area (Å²) in [6.07, 6.45) is 4.08. The van der Waals surface area contributed by atoms with E-state index in [-0.39, 0.29) is 0 Å². The lowest BCUT2D eigenvalue weighted by atomic mass is 9.80. The molecule has 1 N–H and O–H groups in total. The van der Waals surface area contributed by atoms with Crippen LogP contribution in [0.1, 0.15) is 43.2 Å². The third-order valence-corrected chi connectivity index (χ3v) is 4.67. The molecule has 1 aliphatic rings. The Morgan fingerprint density at radius 2 is 1.86 bits per heavy atom. The highest BCUT2D eigenvalue weighted by Gasteiger charge is 2.19. The standard InChI is InChI=1S/C19H22ClN/c1-2-21-13-17-10-11-18(20)12-19(17)16-8-6-15(7-9-16)14-4-3-5-14/h6-12,14,21H,2-5,13H2,1H3. The highest BCUT2D eigenvalue weighted by atomic mass is 35.5. The molecular weight excluding hydrogens is 278 g/mol. The van der Waals surface area contributed by atoms with Gasteiger partial charge in [0.15, 0.2) is 0 Å². The first-order valence-corrected chi connectivity index (χ1v) is 8.25. The second kappa shape index (κ2) is 6.64. The van der Waals surface area contributed by atoms with E-state index in [1.54, 1.807) is 0 Å². The maximum atomic E-state index is 6.19. The fraction of sp³-hybridized carbons (Fsp3) is 0.368. The maximum Gasteiger partial charge on any atom is 0.0412 e. The largest absolute Gasteiger partial charge is 0.313 e. The second-order valence-corrected chi connectivity index (χ2v) is 6.27. The van der Waals surface area contributed by atoms with Crippen LogP contribution in [0.5, 0.6) is 0 Å². The van der Waals surface area contributed by atoms with Crippen molar-refractivity contribution >= 4 is 11.6 Å². The summed E-state index contributed by atoms with van der Waals surface area (Å²) >= 11 is 6.19. The van der Waals surface area contributed by atoms with Crippen LogP contribution in [0, 0.1) is 0 Å². The molecule has 0 atom stereocenters. The van der Waals surface area contributed by atoms with Crippen LogP contribution in [0.2, 0.25) is 5.02 Å². The van der Waals surface area contributed by atoms with E-state index < -0.39 is 0 Å². The van der Waals surface area contributed by atoms with E-state index in [2.05, 4.69) is 48.6 Å². The number of rotatable bonds is 5. The topological polar surface area (TPSA) is 12.0 Å². The fourth-order valence-corrected chi connectivity index (χ4v) is 3.08. The van der Waals surface area contributed by atoms with Gasteiger partial charge >= 0.3 is 0 Å². The lowest BCUT2D eigenvalue weighted by Gasteiger charge is -2.26. The quantitative estimate of drug-likeness (QED) is 0.781. The molecule has 3 rings (SSSR count). The summed E-state index contributed by atoms with van der Waals surface area (Å²) in [5.41, 5.74) is 5.29. The van der Waals surface area contributed by atoms with E-state index in [1.807, 2.05) is 6.07 Å². The van der Waals surface area contributed by atoms with Crippen LogP contribution in [0.3, 0.4) is 0 Å². The van der Waals surface area contributed by atoms with Gasteiger partial charge in [-0.15, -0.1) is 0 Å². The summed E-state index contributed by atoms with van der Waals surface area (Å²) in [7, 11) is 0. The minimum atomic E-state index is 0.791. The molecule has 0 aromatic heterocycles. The fourth-order valence-electron chi connectivity index (χ4n) is 2.91. The molecule has 1 nitrogen and oxygen atoms in total. The molecule has 1 aliphatic carbocycles. The van der Waals surface area contributed by atoms with Gasteiger partial charge in [-0.2, -0.15) is 0 Å². The highest BCUT2D eigenvalue weighted by molar-refractivity contribution is 6.30. The van der Waals surface area contributed by atoms with E-state index in [9.17, 15) is 0 Å². The Hall–Kier alpha value is -1.31. The number of halogens is 1. The summed E-state index contributed by atoms with van der Waals surface area (Å²) in [5, 5.41) is 4.20. The van der Waals surface area contributed by atoms with E-state index in [0.717, 1.165) is 24.0 Å². The molecule has 0 spiro atoms. The smallest absolute Gasteiger partial charge is 0.0412 e. The third-order valence-electron chi connectivity index (χ3n) is 4.44. The molecule has 0 unspecified atom stereocenters. The van der Waals surface area contributed by atoms with Crippen molar-refractivity contribution in [3.05, 3.63) is 58.6 Å². The molecule has 110 valence electrons. The van der Waals surface area contributed by atoms with Crippen molar-refractivity contribution in [1.29, 1.82) is 0 Å². The lowest BCUT2D eigenvalue weighted by Crippen LogP contribution is -2.12. The Balaban J connectivity index is 1.89. The predicted molar refractivity (Wildman–Crippen MR) is 90.9 cm³/mol. The number of nitrogens with one attached hydrogen (secondary N) is 1. The van der Waals surface area contributed by atoms with Gasteiger partial charge in [-0.1, -0.05) is 55.3 Å². The van der Waals surface area contributed by atoms with Crippen LogP contribution in [-0.4, -0.2) is 6.54 Å². The summed E-state index contributed by atoms with van der Waals surface area (Å²) in [6.45, 7) is 3.99. The van der Waals surface area contributed by atoms with Crippen LogP contribution in [0.25, 0.3) is 11.1 Å². The normalized spacial score (nSPS) is 15.0. The molecule has 1 saturated carbocycles. The number of hydrogen-bond donors (Lipinski definition) is 1. The number of benzene rings is 2. The molecule has 21 heavy (non-hydrogen) atoms. The minimum Gasteiger partial charge on any atom is -0.313 e. The lowest BCUT2D eigenvalue weighted by molar-refractivity contribution is 0.420. The van der Waals surface area contributed by atoms with E-state index >= 15 is 0 Å². The Bertz CT molecular complexity index is 599. The summed E-state index contributed by atoms with van der Waals surface area (Å²) in [6, 6.07) is 15.2. The highest BCUT2D eigenvalue weighted by Crippen LogP contribution is 2.37. The second-order valence-electron chi connectivity index (χ2n) is 5.83. The Labute approximate surface area is 132 Å². The van der Waals surface area contributed by atoms with Crippen molar-refractivity contribution < 1.29 is 0 Å². The van der Waals surface area contributed by atoms with Crippen molar-refractivity contribution in [3.63, 3.8) is 0 Å². The molecule has 2 aromatic rings. The third kappa shape index (κ3) is 3.30. The van der Waals surface area contributed by atoms with Gasteiger partial charge in [0.1, 0.15) is 0 Å². The zero-order valence-corrected chi connectivity index (χ0v) is 13.3. The van der Waals surface area contributed by atoms with Crippen LogP contribution in [-0.2, 0) is 6.54 Å². The molecule has 0 heterocycles. The van der Waals surface area contributed by atoms with E-state index in [1.165, 1.54) is 41.5 Å². The average molecular weight is 300 g/mol. The Kier molecular flexibility index (Phi) is 4.62. The molecule has 0 radical (unpaired) electrons. The monoisotopic (exact) mass is 299 g/mol. The van der Waals surface area contributed by atoms with Crippen LogP contribution < -0.4 is 5.32 Å². The molecule has 0 saturated heterocycles. The van der Waals surface area contributed by atoms with Gasteiger partial charge in [0, 0.05) is 11.6 Å². The summed E-state index contributed by atoms with van der Waals surface area (Å²) < 4.78 is 0. The van der Waals surface area contributed by atoms with Crippen molar-refractivity contribution in [1.82, 2.24) is 5.32 Å². The van der Waals surface area contributed by atoms with E-state index in [0.29, 0.717) is 0 Å². The van der Waals surface area contributed by atoms with Crippen molar-refractivity contribution in [2.24, 2.45) is 0 Å².